The molecule has 0 radical (unpaired) electrons. The number of fused-ring (bicyclic) bond motifs is 2. The second kappa shape index (κ2) is 7.99. The van der Waals surface area contributed by atoms with Gasteiger partial charge in [0.15, 0.2) is 0 Å². The maximum atomic E-state index is 13.1. The monoisotopic (exact) mass is 412 g/mol. The summed E-state index contributed by atoms with van der Waals surface area (Å²) in [6.07, 6.45) is 2.25. The lowest BCUT2D eigenvalue weighted by molar-refractivity contribution is -0.142. The number of imide groups is 1. The Hall–Kier alpha value is -3.47. The molecule has 5 rings (SSSR count). The van der Waals surface area contributed by atoms with Crippen LogP contribution in [0.15, 0.2) is 72.8 Å². The van der Waals surface area contributed by atoms with E-state index in [0.717, 1.165) is 17.2 Å². The zero-order valence-electron chi connectivity index (χ0n) is 17.2. The Morgan fingerprint density at radius 2 is 1.55 bits per heavy atom. The molecule has 3 atom stereocenters. The molecular weight excluding hydrogens is 388 g/mol. The van der Waals surface area contributed by atoms with Gasteiger partial charge in [-0.1, -0.05) is 66.7 Å². The van der Waals surface area contributed by atoms with E-state index in [1.54, 1.807) is 0 Å². The van der Waals surface area contributed by atoms with Gasteiger partial charge in [0.1, 0.15) is 6.54 Å². The maximum Gasteiger partial charge on any atom is 0.244 e. The summed E-state index contributed by atoms with van der Waals surface area (Å²) in [5.41, 5.74) is 1.90. The zero-order valence-corrected chi connectivity index (χ0v) is 17.2. The summed E-state index contributed by atoms with van der Waals surface area (Å²) in [5.74, 6) is -1.09. The number of likely N-dealkylation sites (tertiary alicyclic amines) is 1. The van der Waals surface area contributed by atoms with Crippen LogP contribution in [0, 0.1) is 11.8 Å². The van der Waals surface area contributed by atoms with Crippen molar-refractivity contribution in [1.82, 2.24) is 4.90 Å². The van der Waals surface area contributed by atoms with Gasteiger partial charge in [0, 0.05) is 11.1 Å². The van der Waals surface area contributed by atoms with Crippen molar-refractivity contribution in [3.8, 4) is 0 Å². The summed E-state index contributed by atoms with van der Waals surface area (Å²) in [6.45, 7) is -0.232. The Morgan fingerprint density at radius 1 is 0.839 bits per heavy atom. The summed E-state index contributed by atoms with van der Waals surface area (Å²) in [6, 6.07) is 23.6. The Bertz CT molecular complexity index is 1150. The van der Waals surface area contributed by atoms with Gasteiger partial charge in [0.2, 0.25) is 17.7 Å². The van der Waals surface area contributed by atoms with Crippen molar-refractivity contribution in [3.05, 3.63) is 78.4 Å². The van der Waals surface area contributed by atoms with Crippen LogP contribution in [0.3, 0.4) is 0 Å². The molecule has 2 aliphatic rings. The third-order valence-electron chi connectivity index (χ3n) is 6.65. The standard InChI is InChI=1S/C26H24N2O3/c29-24(27-23-12-6-10-18-9-4-5-11-20(18)23)16-28-25(30)21-14-13-19(15-22(21)26(28)31)17-7-2-1-3-8-17/h1-12,19,21-22H,13-16H2,(H,27,29). The zero-order chi connectivity index (χ0) is 21.4. The van der Waals surface area contributed by atoms with Gasteiger partial charge in [0.05, 0.1) is 11.8 Å². The van der Waals surface area contributed by atoms with Crippen LogP contribution in [0.5, 0.6) is 0 Å². The molecule has 3 unspecified atom stereocenters. The molecule has 1 saturated heterocycles. The highest BCUT2D eigenvalue weighted by molar-refractivity contribution is 6.10. The molecule has 1 heterocycles. The predicted octanol–water partition coefficient (Wildman–Crippen LogP) is 4.35. The maximum absolute atomic E-state index is 13.1. The molecule has 1 saturated carbocycles. The van der Waals surface area contributed by atoms with Gasteiger partial charge in [-0.3, -0.25) is 19.3 Å². The van der Waals surface area contributed by atoms with Gasteiger partial charge in [-0.2, -0.15) is 0 Å². The molecule has 1 N–H and O–H groups in total. The highest BCUT2D eigenvalue weighted by Gasteiger charge is 2.50. The third-order valence-corrected chi connectivity index (χ3v) is 6.65. The minimum Gasteiger partial charge on any atom is -0.324 e. The number of nitrogens with zero attached hydrogens (tertiary/aromatic N) is 1. The summed E-state index contributed by atoms with van der Waals surface area (Å²) < 4.78 is 0. The number of nitrogens with one attached hydrogen (secondary N) is 1. The molecule has 5 nitrogen and oxygen atoms in total. The van der Waals surface area contributed by atoms with E-state index >= 15 is 0 Å². The van der Waals surface area contributed by atoms with E-state index in [0.29, 0.717) is 18.5 Å². The summed E-state index contributed by atoms with van der Waals surface area (Å²) in [5, 5.41) is 4.83. The largest absolute Gasteiger partial charge is 0.324 e. The molecular formula is C26H24N2O3. The van der Waals surface area contributed by atoms with Crippen molar-refractivity contribution in [2.45, 2.75) is 25.2 Å². The molecule has 0 bridgehead atoms. The van der Waals surface area contributed by atoms with Crippen LogP contribution >= 0.6 is 0 Å². The van der Waals surface area contributed by atoms with Gasteiger partial charge in [-0.15, -0.1) is 0 Å². The second-order valence-corrected chi connectivity index (χ2v) is 8.47. The summed E-state index contributed by atoms with van der Waals surface area (Å²) in [4.78, 5) is 39.9. The summed E-state index contributed by atoms with van der Waals surface area (Å²) in [7, 11) is 0. The van der Waals surface area contributed by atoms with Crippen LogP contribution in [-0.4, -0.2) is 29.2 Å². The van der Waals surface area contributed by atoms with Gasteiger partial charge in [-0.25, -0.2) is 0 Å². The quantitative estimate of drug-likeness (QED) is 0.648. The fourth-order valence-electron chi connectivity index (χ4n) is 5.10. The molecule has 31 heavy (non-hydrogen) atoms. The fourth-order valence-corrected chi connectivity index (χ4v) is 5.10. The third kappa shape index (κ3) is 3.61. The Kier molecular flexibility index (Phi) is 5.02. The van der Waals surface area contributed by atoms with Crippen molar-refractivity contribution >= 4 is 34.2 Å². The van der Waals surface area contributed by atoms with Crippen LogP contribution in [0.4, 0.5) is 5.69 Å². The van der Waals surface area contributed by atoms with Crippen molar-refractivity contribution in [2.24, 2.45) is 11.8 Å². The molecule has 2 fully saturated rings. The van der Waals surface area contributed by atoms with Crippen LogP contribution < -0.4 is 5.32 Å². The highest BCUT2D eigenvalue weighted by Crippen LogP contribution is 2.44. The van der Waals surface area contributed by atoms with Crippen LogP contribution in [0.25, 0.3) is 10.8 Å². The Balaban J connectivity index is 1.29. The lowest BCUT2D eigenvalue weighted by Crippen LogP contribution is -2.38. The highest BCUT2D eigenvalue weighted by atomic mass is 16.2. The number of hydrogen-bond donors (Lipinski definition) is 1. The van der Waals surface area contributed by atoms with E-state index < -0.39 is 0 Å². The van der Waals surface area contributed by atoms with Crippen LogP contribution in [0.1, 0.15) is 30.7 Å². The molecule has 156 valence electrons. The SMILES string of the molecule is O=C(CN1C(=O)C2CCC(c3ccccc3)CC2C1=O)Nc1cccc2ccccc12. The number of carbonyl (C=O) groups excluding carboxylic acids is 3. The number of hydrogen-bond acceptors (Lipinski definition) is 3. The van der Waals surface area contributed by atoms with E-state index in [9.17, 15) is 14.4 Å². The molecule has 3 aromatic carbocycles. The first-order valence-corrected chi connectivity index (χ1v) is 10.8. The van der Waals surface area contributed by atoms with Crippen LogP contribution in [0.2, 0.25) is 0 Å². The first-order chi connectivity index (χ1) is 15.1. The Labute approximate surface area is 181 Å². The van der Waals surface area contributed by atoms with Gasteiger partial charge >= 0.3 is 0 Å². The number of carbonyl (C=O) groups is 3. The van der Waals surface area contributed by atoms with E-state index in [1.165, 1.54) is 10.5 Å². The van der Waals surface area contributed by atoms with Crippen molar-refractivity contribution in [2.75, 3.05) is 11.9 Å². The van der Waals surface area contributed by atoms with Crippen molar-refractivity contribution < 1.29 is 14.4 Å². The Morgan fingerprint density at radius 3 is 2.39 bits per heavy atom. The number of benzene rings is 3. The van der Waals surface area contributed by atoms with Crippen molar-refractivity contribution in [3.63, 3.8) is 0 Å². The molecule has 0 aromatic heterocycles. The average Bonchev–Trinajstić information content (AvgIpc) is 3.04. The lowest BCUT2D eigenvalue weighted by Gasteiger charge is -2.28. The van der Waals surface area contributed by atoms with E-state index in [-0.39, 0.29) is 42.0 Å². The molecule has 1 aliphatic carbocycles. The van der Waals surface area contributed by atoms with Crippen LogP contribution in [-0.2, 0) is 14.4 Å². The van der Waals surface area contributed by atoms with E-state index in [1.807, 2.05) is 60.7 Å². The molecule has 1 aliphatic heterocycles. The lowest BCUT2D eigenvalue weighted by atomic mass is 9.73. The molecule has 3 amide bonds. The fraction of sp³-hybridized carbons (Fsp3) is 0.269. The number of anilines is 1. The van der Waals surface area contributed by atoms with E-state index in [2.05, 4.69) is 17.4 Å². The molecule has 0 spiro atoms. The minimum absolute atomic E-state index is 0.199. The number of amides is 3. The molecule has 5 heteroatoms. The smallest absolute Gasteiger partial charge is 0.244 e. The normalized spacial score (nSPS) is 23.1. The number of rotatable bonds is 4. The topological polar surface area (TPSA) is 66.5 Å². The summed E-state index contributed by atoms with van der Waals surface area (Å²) >= 11 is 0. The van der Waals surface area contributed by atoms with Gasteiger partial charge < -0.3 is 5.32 Å². The first-order valence-electron chi connectivity index (χ1n) is 10.8. The van der Waals surface area contributed by atoms with Crippen molar-refractivity contribution in [1.29, 1.82) is 0 Å². The van der Waals surface area contributed by atoms with Gasteiger partial charge in [-0.05, 0) is 42.2 Å². The van der Waals surface area contributed by atoms with E-state index in [4.69, 9.17) is 0 Å². The molecule has 3 aromatic rings. The first kappa shape index (κ1) is 19.5. The minimum atomic E-state index is -0.351. The average molecular weight is 412 g/mol. The predicted molar refractivity (Wildman–Crippen MR) is 119 cm³/mol. The second-order valence-electron chi connectivity index (χ2n) is 8.47. The van der Waals surface area contributed by atoms with Gasteiger partial charge in [0.25, 0.3) is 0 Å².